The predicted molar refractivity (Wildman–Crippen MR) is 101 cm³/mol. The summed E-state index contributed by atoms with van der Waals surface area (Å²) in [4.78, 5) is 21.1. The average Bonchev–Trinajstić information content (AvgIpc) is 2.59. The number of carboxylic acids is 1. The topological polar surface area (TPSA) is 107 Å². The molecule has 0 saturated heterocycles. The Kier molecular flexibility index (Phi) is 7.12. The van der Waals surface area contributed by atoms with Crippen LogP contribution in [0.5, 0.6) is 0 Å². The fraction of sp³-hybridized carbons (Fsp3) is 0.316. The van der Waals surface area contributed by atoms with Crippen LogP contribution in [0.15, 0.2) is 54.6 Å². The summed E-state index contributed by atoms with van der Waals surface area (Å²) in [6.07, 6.45) is -1.14. The molecular weight excluding hydrogens is 353 g/mol. The molecule has 0 aromatic heterocycles. The van der Waals surface area contributed by atoms with E-state index in [0.717, 1.165) is 11.1 Å². The second-order valence-electron chi connectivity index (χ2n) is 6.39. The third-order valence-corrected chi connectivity index (χ3v) is 5.91. The molecule has 4 N–H and O–H groups in total. The molecule has 2 rings (SSSR count). The maximum Gasteiger partial charge on any atom is 0.335 e. The Balaban J connectivity index is 1.87. The minimum absolute atomic E-state index is 0.0289. The molecule has 0 heterocycles. The number of hydrogen-bond donors (Lipinski definition) is 4. The Morgan fingerprint density at radius 3 is 2.50 bits per heavy atom. The molecular formula is C19H24NO5P. The van der Waals surface area contributed by atoms with E-state index in [2.05, 4.69) is 5.32 Å². The van der Waals surface area contributed by atoms with Crippen molar-refractivity contribution >= 4 is 13.3 Å². The Morgan fingerprint density at radius 1 is 1.15 bits per heavy atom. The second-order valence-corrected chi connectivity index (χ2v) is 8.76. The molecule has 3 atom stereocenters. The van der Waals surface area contributed by atoms with E-state index in [4.69, 9.17) is 5.11 Å². The highest BCUT2D eigenvalue weighted by molar-refractivity contribution is 7.57. The Hall–Kier alpha value is -1.98. The molecule has 0 saturated carbocycles. The van der Waals surface area contributed by atoms with Crippen LogP contribution >= 0.6 is 7.37 Å². The lowest BCUT2D eigenvalue weighted by Gasteiger charge is -2.20. The maximum atomic E-state index is 12.3. The van der Waals surface area contributed by atoms with E-state index >= 15 is 0 Å². The molecule has 6 nitrogen and oxygen atoms in total. The van der Waals surface area contributed by atoms with Gasteiger partial charge in [-0.05, 0) is 30.2 Å². The van der Waals surface area contributed by atoms with E-state index in [9.17, 15) is 19.4 Å². The summed E-state index contributed by atoms with van der Waals surface area (Å²) in [6, 6.07) is 15.4. The van der Waals surface area contributed by atoms with Crippen molar-refractivity contribution in [3.05, 3.63) is 71.3 Å². The molecule has 0 aliphatic rings. The molecule has 0 spiro atoms. The first kappa shape index (κ1) is 20.3. The molecule has 7 heteroatoms. The normalized spacial score (nSPS) is 15.8. The molecule has 0 aliphatic carbocycles. The number of aliphatic hydroxyl groups is 1. The number of carboxylic acid groups (broad SMARTS) is 1. The van der Waals surface area contributed by atoms with Crippen molar-refractivity contribution in [3.8, 4) is 0 Å². The summed E-state index contributed by atoms with van der Waals surface area (Å²) >= 11 is 0. The molecule has 0 bridgehead atoms. The van der Waals surface area contributed by atoms with E-state index in [0.29, 0.717) is 0 Å². The summed E-state index contributed by atoms with van der Waals surface area (Å²) in [6.45, 7) is 1.98. The van der Waals surface area contributed by atoms with Gasteiger partial charge in [-0.15, -0.1) is 0 Å². The van der Waals surface area contributed by atoms with Crippen molar-refractivity contribution in [2.45, 2.75) is 25.2 Å². The van der Waals surface area contributed by atoms with Crippen molar-refractivity contribution in [2.24, 2.45) is 0 Å². The Bertz CT molecular complexity index is 781. The first-order chi connectivity index (χ1) is 12.3. The van der Waals surface area contributed by atoms with Gasteiger partial charge in [0, 0.05) is 18.7 Å². The quantitative estimate of drug-likeness (QED) is 0.501. The third kappa shape index (κ3) is 6.39. The van der Waals surface area contributed by atoms with Gasteiger partial charge in [0.25, 0.3) is 0 Å². The van der Waals surface area contributed by atoms with Crippen LogP contribution in [0.1, 0.15) is 34.5 Å². The molecule has 2 aromatic carbocycles. The van der Waals surface area contributed by atoms with Crippen LogP contribution in [0.2, 0.25) is 0 Å². The SMILES string of the molecule is CC(NC[C@@H](O)CP(=O)(O)Cc1ccccc1)c1cccc(C(=O)O)c1. The van der Waals surface area contributed by atoms with E-state index in [1.54, 1.807) is 42.5 Å². The molecule has 2 aromatic rings. The molecule has 26 heavy (non-hydrogen) atoms. The number of carbonyl (C=O) groups is 1. The third-order valence-electron chi connectivity index (χ3n) is 4.06. The van der Waals surface area contributed by atoms with E-state index < -0.39 is 19.4 Å². The second kappa shape index (κ2) is 9.10. The Labute approximate surface area is 153 Å². The van der Waals surface area contributed by atoms with Gasteiger partial charge >= 0.3 is 5.97 Å². The van der Waals surface area contributed by atoms with E-state index in [-0.39, 0.29) is 30.5 Å². The number of hydrogen-bond acceptors (Lipinski definition) is 4. The van der Waals surface area contributed by atoms with Gasteiger partial charge in [-0.25, -0.2) is 4.79 Å². The van der Waals surface area contributed by atoms with Gasteiger partial charge in [0.2, 0.25) is 7.37 Å². The van der Waals surface area contributed by atoms with Crippen molar-refractivity contribution in [1.82, 2.24) is 5.32 Å². The van der Waals surface area contributed by atoms with Gasteiger partial charge in [-0.3, -0.25) is 4.57 Å². The van der Waals surface area contributed by atoms with Crippen LogP contribution in [0.4, 0.5) is 0 Å². The summed E-state index contributed by atoms with van der Waals surface area (Å²) in [5, 5.41) is 22.2. The zero-order valence-electron chi connectivity index (χ0n) is 14.6. The van der Waals surface area contributed by atoms with Crippen molar-refractivity contribution in [3.63, 3.8) is 0 Å². The van der Waals surface area contributed by atoms with Crippen LogP contribution < -0.4 is 5.32 Å². The van der Waals surface area contributed by atoms with Gasteiger partial charge < -0.3 is 20.4 Å². The monoisotopic (exact) mass is 377 g/mol. The Morgan fingerprint density at radius 2 is 1.85 bits per heavy atom. The number of aromatic carboxylic acids is 1. The number of rotatable bonds is 9. The van der Waals surface area contributed by atoms with Crippen LogP contribution in [0.3, 0.4) is 0 Å². The highest BCUT2D eigenvalue weighted by atomic mass is 31.2. The minimum Gasteiger partial charge on any atom is -0.478 e. The van der Waals surface area contributed by atoms with Gasteiger partial charge in [0.05, 0.1) is 17.8 Å². The highest BCUT2D eigenvalue weighted by Gasteiger charge is 2.23. The molecule has 2 unspecified atom stereocenters. The standard InChI is InChI=1S/C19H24NO5P/c1-14(16-8-5-9-17(10-16)19(22)23)20-11-18(21)13-26(24,25)12-15-6-3-2-4-7-15/h2-10,14,18,20-21H,11-13H2,1H3,(H,22,23)(H,24,25)/t14?,18-/m1/s1. The number of nitrogens with one attached hydrogen (secondary N) is 1. The molecule has 0 fully saturated rings. The number of benzene rings is 2. The fourth-order valence-corrected chi connectivity index (χ4v) is 4.40. The lowest BCUT2D eigenvalue weighted by Crippen LogP contribution is -2.31. The predicted octanol–water partition coefficient (Wildman–Crippen LogP) is 2.87. The van der Waals surface area contributed by atoms with Crippen molar-refractivity contribution in [1.29, 1.82) is 0 Å². The van der Waals surface area contributed by atoms with Crippen molar-refractivity contribution < 1.29 is 24.5 Å². The maximum absolute atomic E-state index is 12.3. The summed E-state index contributed by atoms with van der Waals surface area (Å²) in [7, 11) is -3.49. The van der Waals surface area contributed by atoms with Crippen LogP contribution in [0.25, 0.3) is 0 Å². The summed E-state index contributed by atoms with van der Waals surface area (Å²) < 4.78 is 12.3. The zero-order valence-corrected chi connectivity index (χ0v) is 15.5. The van der Waals surface area contributed by atoms with Crippen LogP contribution in [-0.2, 0) is 10.7 Å². The van der Waals surface area contributed by atoms with Crippen LogP contribution in [0, 0.1) is 0 Å². The molecule has 140 valence electrons. The minimum atomic E-state index is -3.49. The number of aliphatic hydroxyl groups excluding tert-OH is 1. The average molecular weight is 377 g/mol. The van der Waals surface area contributed by atoms with Gasteiger partial charge in [-0.1, -0.05) is 42.5 Å². The highest BCUT2D eigenvalue weighted by Crippen LogP contribution is 2.44. The van der Waals surface area contributed by atoms with Gasteiger partial charge in [0.15, 0.2) is 0 Å². The van der Waals surface area contributed by atoms with E-state index in [1.807, 2.05) is 13.0 Å². The van der Waals surface area contributed by atoms with Crippen molar-refractivity contribution in [2.75, 3.05) is 12.7 Å². The molecule has 0 radical (unpaired) electrons. The summed E-state index contributed by atoms with van der Waals surface area (Å²) in [5.41, 5.74) is 1.73. The lowest BCUT2D eigenvalue weighted by molar-refractivity contribution is 0.0696. The summed E-state index contributed by atoms with van der Waals surface area (Å²) in [5.74, 6) is -0.999. The smallest absolute Gasteiger partial charge is 0.335 e. The van der Waals surface area contributed by atoms with Gasteiger partial charge in [-0.2, -0.15) is 0 Å². The zero-order chi connectivity index (χ0) is 19.2. The fourth-order valence-electron chi connectivity index (χ4n) is 2.70. The first-order valence-corrected chi connectivity index (χ1v) is 10.4. The van der Waals surface area contributed by atoms with Gasteiger partial charge in [0.1, 0.15) is 0 Å². The van der Waals surface area contributed by atoms with Crippen LogP contribution in [-0.4, -0.2) is 39.9 Å². The lowest BCUT2D eigenvalue weighted by atomic mass is 10.1. The van der Waals surface area contributed by atoms with E-state index in [1.165, 1.54) is 6.07 Å². The molecule has 0 aliphatic heterocycles. The first-order valence-electron chi connectivity index (χ1n) is 8.36. The molecule has 0 amide bonds. The largest absolute Gasteiger partial charge is 0.478 e.